The minimum atomic E-state index is -0.280. The second-order valence-electron chi connectivity index (χ2n) is 8.91. The summed E-state index contributed by atoms with van der Waals surface area (Å²) in [5.74, 6) is 4.34. The Hall–Kier alpha value is -3.62. The zero-order valence-corrected chi connectivity index (χ0v) is 18.8. The molecule has 9 heteroatoms. The molecule has 0 bridgehead atoms. The van der Waals surface area contributed by atoms with Gasteiger partial charge in [-0.2, -0.15) is 4.98 Å². The molecule has 33 heavy (non-hydrogen) atoms. The summed E-state index contributed by atoms with van der Waals surface area (Å²) in [6.45, 7) is 6.33. The zero-order valence-electron chi connectivity index (χ0n) is 18.8. The molecule has 2 atom stereocenters. The summed E-state index contributed by atoms with van der Waals surface area (Å²) in [4.78, 5) is 14.5. The number of hydrogen-bond acceptors (Lipinski definition) is 6. The molecule has 4 heterocycles. The van der Waals surface area contributed by atoms with E-state index in [9.17, 15) is 4.39 Å². The van der Waals surface area contributed by atoms with E-state index in [0.29, 0.717) is 17.7 Å². The first-order chi connectivity index (χ1) is 16.0. The summed E-state index contributed by atoms with van der Waals surface area (Å²) in [7, 11) is 0. The van der Waals surface area contributed by atoms with Gasteiger partial charge in [-0.1, -0.05) is 13.8 Å². The van der Waals surface area contributed by atoms with Crippen LogP contribution in [-0.4, -0.2) is 34.3 Å². The van der Waals surface area contributed by atoms with E-state index in [1.807, 2.05) is 17.7 Å². The number of hydrogen-bond donors (Lipinski definition) is 1. The van der Waals surface area contributed by atoms with E-state index in [0.717, 1.165) is 40.8 Å². The Kier molecular flexibility index (Phi) is 4.53. The van der Waals surface area contributed by atoms with E-state index in [-0.39, 0.29) is 17.8 Å². The lowest BCUT2D eigenvalue weighted by Crippen LogP contribution is -2.26. The van der Waals surface area contributed by atoms with Gasteiger partial charge in [-0.25, -0.2) is 14.4 Å². The topological polar surface area (TPSA) is 86.3 Å². The quantitative estimate of drug-likeness (QED) is 0.478. The van der Waals surface area contributed by atoms with Crippen LogP contribution in [-0.2, 0) is 0 Å². The van der Waals surface area contributed by atoms with Gasteiger partial charge in [0.1, 0.15) is 23.2 Å². The average Bonchev–Trinajstić information content (AvgIpc) is 3.44. The average molecular weight is 445 g/mol. The van der Waals surface area contributed by atoms with Crippen LogP contribution in [0.15, 0.2) is 36.7 Å². The zero-order chi connectivity index (χ0) is 22.7. The Morgan fingerprint density at radius 3 is 2.67 bits per heavy atom. The molecule has 168 valence electrons. The van der Waals surface area contributed by atoms with Crippen LogP contribution >= 0.6 is 0 Å². The van der Waals surface area contributed by atoms with Gasteiger partial charge in [0, 0.05) is 23.9 Å². The van der Waals surface area contributed by atoms with Gasteiger partial charge in [0.25, 0.3) is 0 Å². The number of anilines is 1. The molecule has 0 spiro atoms. The fourth-order valence-corrected chi connectivity index (χ4v) is 4.70. The molecule has 1 fully saturated rings. The van der Waals surface area contributed by atoms with Crippen LogP contribution in [0.5, 0.6) is 0 Å². The summed E-state index contributed by atoms with van der Waals surface area (Å²) in [6, 6.07) is 6.33. The number of aromatic nitrogens is 7. The van der Waals surface area contributed by atoms with Crippen molar-refractivity contribution in [2.75, 3.05) is 5.32 Å². The highest BCUT2D eigenvalue weighted by atomic mass is 19.1. The Balaban J connectivity index is 1.56. The van der Waals surface area contributed by atoms with Gasteiger partial charge in [0.2, 0.25) is 5.95 Å². The van der Waals surface area contributed by atoms with E-state index in [1.54, 1.807) is 18.3 Å². The van der Waals surface area contributed by atoms with Crippen molar-refractivity contribution in [3.05, 3.63) is 59.8 Å². The number of rotatable bonds is 5. The summed E-state index contributed by atoms with van der Waals surface area (Å²) >= 11 is 0. The van der Waals surface area contributed by atoms with Gasteiger partial charge in [0.15, 0.2) is 11.6 Å². The summed E-state index contributed by atoms with van der Waals surface area (Å²) < 4.78 is 17.5. The molecule has 8 nitrogen and oxygen atoms in total. The molecule has 3 aromatic heterocycles. The molecule has 1 aromatic carbocycles. The van der Waals surface area contributed by atoms with Crippen molar-refractivity contribution in [2.24, 2.45) is 5.92 Å². The maximum atomic E-state index is 13.5. The molecule has 0 radical (unpaired) electrons. The van der Waals surface area contributed by atoms with Crippen LogP contribution in [0.3, 0.4) is 0 Å². The largest absolute Gasteiger partial charge is 0.358 e. The maximum Gasteiger partial charge on any atom is 0.237 e. The standard InChI is InChI=1S/C24H25FN8/c1-4-18-23-31-30-14(3)33(23)20-19(13(2)15-5-6-15)28-24(29-21(20)27-18)32-12-11-26-22(32)16-7-9-17(25)10-8-16/h7-13,15,18H,4-6H2,1-3H3,(H,27,28,29)/t13?,18-/m1/s1. The maximum absolute atomic E-state index is 13.5. The number of nitrogens with zero attached hydrogens (tertiary/aromatic N) is 7. The Labute approximate surface area is 190 Å². The predicted octanol–water partition coefficient (Wildman–Crippen LogP) is 4.75. The third kappa shape index (κ3) is 3.21. The smallest absolute Gasteiger partial charge is 0.237 e. The van der Waals surface area contributed by atoms with Crippen LogP contribution in [0.1, 0.15) is 62.4 Å². The monoisotopic (exact) mass is 444 g/mol. The molecule has 4 aromatic rings. The van der Waals surface area contributed by atoms with Crippen LogP contribution in [0.4, 0.5) is 10.2 Å². The van der Waals surface area contributed by atoms with Crippen LogP contribution in [0.25, 0.3) is 23.0 Å². The first-order valence-corrected chi connectivity index (χ1v) is 11.5. The fraction of sp³-hybridized carbons (Fsp3) is 0.375. The molecule has 1 saturated carbocycles. The highest BCUT2D eigenvalue weighted by Crippen LogP contribution is 2.46. The van der Waals surface area contributed by atoms with Crippen molar-refractivity contribution in [3.63, 3.8) is 0 Å². The SMILES string of the molecule is CC[C@H]1Nc2nc(-n3ccnc3-c3ccc(F)cc3)nc(C(C)C3CC3)c2-n2c(C)nnc21. The lowest BCUT2D eigenvalue weighted by Gasteiger charge is -2.29. The highest BCUT2D eigenvalue weighted by molar-refractivity contribution is 5.65. The highest BCUT2D eigenvalue weighted by Gasteiger charge is 2.37. The third-order valence-electron chi connectivity index (χ3n) is 6.72. The van der Waals surface area contributed by atoms with Crippen molar-refractivity contribution >= 4 is 5.82 Å². The minimum absolute atomic E-state index is 0.0184. The molecule has 6 rings (SSSR count). The van der Waals surface area contributed by atoms with Crippen LogP contribution < -0.4 is 5.32 Å². The predicted molar refractivity (Wildman–Crippen MR) is 122 cm³/mol. The Bertz CT molecular complexity index is 1340. The van der Waals surface area contributed by atoms with Gasteiger partial charge in [-0.05, 0) is 56.4 Å². The minimum Gasteiger partial charge on any atom is -0.358 e. The molecule has 1 N–H and O–H groups in total. The number of fused-ring (bicyclic) bond motifs is 3. The number of nitrogens with one attached hydrogen (secondary N) is 1. The second kappa shape index (κ2) is 7.47. The number of imidazole rings is 1. The summed E-state index contributed by atoms with van der Waals surface area (Å²) in [5, 5.41) is 12.4. The van der Waals surface area contributed by atoms with E-state index in [1.165, 1.54) is 25.0 Å². The van der Waals surface area contributed by atoms with E-state index in [2.05, 4.69) is 38.9 Å². The van der Waals surface area contributed by atoms with Crippen molar-refractivity contribution in [1.82, 2.24) is 34.3 Å². The van der Waals surface area contributed by atoms with E-state index >= 15 is 0 Å². The van der Waals surface area contributed by atoms with Crippen LogP contribution in [0.2, 0.25) is 0 Å². The number of halogens is 1. The van der Waals surface area contributed by atoms with Crippen molar-refractivity contribution in [2.45, 2.75) is 52.0 Å². The van der Waals surface area contributed by atoms with Crippen molar-refractivity contribution < 1.29 is 4.39 Å². The van der Waals surface area contributed by atoms with E-state index in [4.69, 9.17) is 9.97 Å². The molecule has 1 aliphatic carbocycles. The number of aryl methyl sites for hydroxylation is 1. The molecule has 2 aliphatic rings. The number of benzene rings is 1. The third-order valence-corrected chi connectivity index (χ3v) is 6.72. The second-order valence-corrected chi connectivity index (χ2v) is 8.91. The van der Waals surface area contributed by atoms with Crippen LogP contribution in [0, 0.1) is 18.7 Å². The molecule has 0 saturated heterocycles. The van der Waals surface area contributed by atoms with Gasteiger partial charge in [0.05, 0.1) is 11.7 Å². The normalized spacial score (nSPS) is 17.9. The molecular formula is C24H25FN8. The molecule has 1 aliphatic heterocycles. The van der Waals surface area contributed by atoms with Gasteiger partial charge < -0.3 is 5.32 Å². The van der Waals surface area contributed by atoms with Gasteiger partial charge >= 0.3 is 0 Å². The molecular weight excluding hydrogens is 419 g/mol. The first-order valence-electron chi connectivity index (χ1n) is 11.5. The summed E-state index contributed by atoms with van der Waals surface area (Å²) in [5.41, 5.74) is 2.74. The van der Waals surface area contributed by atoms with Gasteiger partial charge in [-0.15, -0.1) is 10.2 Å². The van der Waals surface area contributed by atoms with Crippen molar-refractivity contribution in [3.8, 4) is 23.0 Å². The Morgan fingerprint density at radius 1 is 1.15 bits per heavy atom. The summed E-state index contributed by atoms with van der Waals surface area (Å²) in [6.07, 6.45) is 6.84. The molecule has 1 unspecified atom stereocenters. The molecule has 0 amide bonds. The lowest BCUT2D eigenvalue weighted by atomic mass is 9.99. The first kappa shape index (κ1) is 20.0. The lowest BCUT2D eigenvalue weighted by molar-refractivity contribution is 0.606. The van der Waals surface area contributed by atoms with Gasteiger partial charge in [-0.3, -0.25) is 9.13 Å². The van der Waals surface area contributed by atoms with Crippen molar-refractivity contribution in [1.29, 1.82) is 0 Å². The fourth-order valence-electron chi connectivity index (χ4n) is 4.70. The Morgan fingerprint density at radius 2 is 1.94 bits per heavy atom. The van der Waals surface area contributed by atoms with E-state index < -0.39 is 0 Å².